The van der Waals surface area contributed by atoms with Gasteiger partial charge < -0.3 is 19.9 Å². The molecule has 4 nitrogen and oxygen atoms in total. The predicted octanol–water partition coefficient (Wildman–Crippen LogP) is 3.77. The molecule has 0 saturated heterocycles. The van der Waals surface area contributed by atoms with Crippen molar-refractivity contribution in [2.24, 2.45) is 5.73 Å². The van der Waals surface area contributed by atoms with Crippen LogP contribution >= 0.6 is 23.2 Å². The van der Waals surface area contributed by atoms with Gasteiger partial charge >= 0.3 is 0 Å². The van der Waals surface area contributed by atoms with E-state index in [2.05, 4.69) is 0 Å². The largest absolute Gasteiger partial charge is 0.496 e. The van der Waals surface area contributed by atoms with E-state index < -0.39 is 0 Å². The van der Waals surface area contributed by atoms with Crippen molar-refractivity contribution in [3.8, 4) is 28.4 Å². The first kappa shape index (κ1) is 15.3. The monoisotopic (exact) mass is 339 g/mol. The number of nitrogens with two attached hydrogens (primary N) is 1. The molecule has 116 valence electrons. The molecule has 22 heavy (non-hydrogen) atoms. The first-order chi connectivity index (χ1) is 10.6. The third-order valence-electron chi connectivity index (χ3n) is 3.44. The maximum Gasteiger partial charge on any atom is 0.169 e. The number of rotatable bonds is 3. The summed E-state index contributed by atoms with van der Waals surface area (Å²) >= 11 is 12.3. The van der Waals surface area contributed by atoms with E-state index in [1.54, 1.807) is 31.4 Å². The third kappa shape index (κ3) is 2.82. The number of methoxy groups -OCH3 is 1. The van der Waals surface area contributed by atoms with Gasteiger partial charge in [-0.2, -0.15) is 0 Å². The molecular formula is C16H15Cl2NO3. The smallest absolute Gasteiger partial charge is 0.169 e. The second kappa shape index (κ2) is 6.24. The van der Waals surface area contributed by atoms with Crippen LogP contribution in [0.15, 0.2) is 30.3 Å². The highest BCUT2D eigenvalue weighted by Gasteiger charge is 2.25. The van der Waals surface area contributed by atoms with Crippen molar-refractivity contribution in [3.05, 3.63) is 40.4 Å². The Morgan fingerprint density at radius 2 is 1.95 bits per heavy atom. The standard InChI is InChI=1S/C16H15Cl2NO3/c1-20-14-3-2-9(17)4-12(14)13-5-10(18)6-15-16(13)22-11(7-19)8-21-15/h2-6,11H,7-8,19H2,1H3/t11-/m0/s1. The second-order valence-corrected chi connectivity index (χ2v) is 5.78. The molecule has 2 N–H and O–H groups in total. The molecule has 0 fully saturated rings. The Morgan fingerprint density at radius 3 is 2.68 bits per heavy atom. The average molecular weight is 340 g/mol. The Labute approximate surface area is 138 Å². The maximum atomic E-state index is 6.20. The van der Waals surface area contributed by atoms with E-state index in [-0.39, 0.29) is 6.10 Å². The minimum absolute atomic E-state index is 0.197. The van der Waals surface area contributed by atoms with Crippen LogP contribution in [0.2, 0.25) is 10.0 Å². The fourth-order valence-electron chi connectivity index (χ4n) is 2.39. The lowest BCUT2D eigenvalue weighted by atomic mass is 10.0. The molecular weight excluding hydrogens is 325 g/mol. The average Bonchev–Trinajstić information content (AvgIpc) is 2.53. The van der Waals surface area contributed by atoms with Crippen molar-refractivity contribution >= 4 is 23.2 Å². The molecule has 6 heteroatoms. The summed E-state index contributed by atoms with van der Waals surface area (Å²) in [6, 6.07) is 8.90. The van der Waals surface area contributed by atoms with Gasteiger partial charge in [-0.15, -0.1) is 0 Å². The van der Waals surface area contributed by atoms with E-state index in [1.807, 2.05) is 6.07 Å². The number of hydrogen-bond acceptors (Lipinski definition) is 4. The van der Waals surface area contributed by atoms with Crippen LogP contribution in [0.5, 0.6) is 17.2 Å². The number of benzene rings is 2. The van der Waals surface area contributed by atoms with Gasteiger partial charge in [-0.05, 0) is 24.3 Å². The fourth-order valence-corrected chi connectivity index (χ4v) is 2.77. The summed E-state index contributed by atoms with van der Waals surface area (Å²) in [6.45, 7) is 0.768. The third-order valence-corrected chi connectivity index (χ3v) is 3.90. The first-order valence-electron chi connectivity index (χ1n) is 6.79. The molecule has 2 aromatic rings. The predicted molar refractivity (Wildman–Crippen MR) is 87.4 cm³/mol. The molecule has 2 aromatic carbocycles. The molecule has 0 aliphatic carbocycles. The molecule has 1 atom stereocenters. The van der Waals surface area contributed by atoms with E-state index >= 15 is 0 Å². The number of ether oxygens (including phenoxy) is 3. The molecule has 0 unspecified atom stereocenters. The lowest BCUT2D eigenvalue weighted by Gasteiger charge is -2.28. The lowest BCUT2D eigenvalue weighted by Crippen LogP contribution is -2.35. The van der Waals surface area contributed by atoms with Gasteiger partial charge in [0.15, 0.2) is 11.5 Å². The number of fused-ring (bicyclic) bond motifs is 1. The quantitative estimate of drug-likeness (QED) is 0.924. The van der Waals surface area contributed by atoms with E-state index in [0.717, 1.165) is 11.1 Å². The Hall–Kier alpha value is -1.62. The summed E-state index contributed by atoms with van der Waals surface area (Å²) in [6.07, 6.45) is -0.197. The maximum absolute atomic E-state index is 6.20. The SMILES string of the molecule is COc1ccc(Cl)cc1-c1cc(Cl)cc2c1O[C@@H](CN)CO2. The molecule has 0 bridgehead atoms. The topological polar surface area (TPSA) is 53.7 Å². The number of hydrogen-bond donors (Lipinski definition) is 1. The zero-order chi connectivity index (χ0) is 15.7. The molecule has 0 saturated carbocycles. The van der Waals surface area contributed by atoms with Crippen molar-refractivity contribution in [2.75, 3.05) is 20.3 Å². The van der Waals surface area contributed by atoms with E-state index in [9.17, 15) is 0 Å². The van der Waals surface area contributed by atoms with Gasteiger partial charge in [-0.25, -0.2) is 0 Å². The number of halogens is 2. The van der Waals surface area contributed by atoms with Gasteiger partial charge in [-0.1, -0.05) is 23.2 Å². The van der Waals surface area contributed by atoms with Crippen LogP contribution in [-0.2, 0) is 0 Å². The zero-order valence-corrected chi connectivity index (χ0v) is 13.4. The van der Waals surface area contributed by atoms with E-state index in [1.165, 1.54) is 0 Å². The second-order valence-electron chi connectivity index (χ2n) is 4.91. The molecule has 0 amide bonds. The molecule has 0 radical (unpaired) electrons. The van der Waals surface area contributed by atoms with Crippen LogP contribution < -0.4 is 19.9 Å². The van der Waals surface area contributed by atoms with Crippen molar-refractivity contribution in [2.45, 2.75) is 6.10 Å². The summed E-state index contributed by atoms with van der Waals surface area (Å²) in [5.74, 6) is 1.87. The Kier molecular flexibility index (Phi) is 4.34. The van der Waals surface area contributed by atoms with Crippen LogP contribution in [0.1, 0.15) is 0 Å². The lowest BCUT2D eigenvalue weighted by molar-refractivity contribution is 0.0976. The minimum atomic E-state index is -0.197. The van der Waals surface area contributed by atoms with Gasteiger partial charge in [0.2, 0.25) is 0 Å². The van der Waals surface area contributed by atoms with Gasteiger partial charge in [0.1, 0.15) is 18.5 Å². The molecule has 1 heterocycles. The van der Waals surface area contributed by atoms with Crippen molar-refractivity contribution < 1.29 is 14.2 Å². The molecule has 1 aliphatic rings. The molecule has 0 aromatic heterocycles. The zero-order valence-electron chi connectivity index (χ0n) is 11.9. The van der Waals surface area contributed by atoms with Crippen LogP contribution in [0.3, 0.4) is 0 Å². The minimum Gasteiger partial charge on any atom is -0.496 e. The van der Waals surface area contributed by atoms with Crippen molar-refractivity contribution in [1.29, 1.82) is 0 Å². The van der Waals surface area contributed by atoms with Crippen molar-refractivity contribution in [1.82, 2.24) is 0 Å². The van der Waals surface area contributed by atoms with Gasteiger partial charge in [-0.3, -0.25) is 0 Å². The normalized spacial score (nSPS) is 16.5. The van der Waals surface area contributed by atoms with E-state index in [4.69, 9.17) is 43.1 Å². The van der Waals surface area contributed by atoms with Gasteiger partial charge in [0.25, 0.3) is 0 Å². The summed E-state index contributed by atoms with van der Waals surface area (Å²) in [5, 5.41) is 1.14. The van der Waals surface area contributed by atoms with E-state index in [0.29, 0.717) is 40.4 Å². The van der Waals surface area contributed by atoms with Crippen LogP contribution in [0, 0.1) is 0 Å². The molecule has 1 aliphatic heterocycles. The molecule has 3 rings (SSSR count). The summed E-state index contributed by atoms with van der Waals surface area (Å²) in [7, 11) is 1.60. The Morgan fingerprint density at radius 1 is 1.18 bits per heavy atom. The van der Waals surface area contributed by atoms with Crippen LogP contribution in [-0.4, -0.2) is 26.4 Å². The highest BCUT2D eigenvalue weighted by molar-refractivity contribution is 6.31. The van der Waals surface area contributed by atoms with Crippen LogP contribution in [0.25, 0.3) is 11.1 Å². The summed E-state index contributed by atoms with van der Waals surface area (Å²) in [4.78, 5) is 0. The highest BCUT2D eigenvalue weighted by atomic mass is 35.5. The van der Waals surface area contributed by atoms with Gasteiger partial charge in [0, 0.05) is 33.8 Å². The first-order valence-corrected chi connectivity index (χ1v) is 7.55. The molecule has 0 spiro atoms. The fraction of sp³-hybridized carbons (Fsp3) is 0.250. The van der Waals surface area contributed by atoms with Gasteiger partial charge in [0.05, 0.1) is 7.11 Å². The Balaban J connectivity index is 2.19. The highest BCUT2D eigenvalue weighted by Crippen LogP contribution is 2.46. The van der Waals surface area contributed by atoms with Crippen LogP contribution in [0.4, 0.5) is 0 Å². The summed E-state index contributed by atoms with van der Waals surface area (Å²) < 4.78 is 17.1. The van der Waals surface area contributed by atoms with Crippen molar-refractivity contribution in [3.63, 3.8) is 0 Å². The summed E-state index contributed by atoms with van der Waals surface area (Å²) in [5.41, 5.74) is 7.23. The Bertz CT molecular complexity index is 706.